The molecule has 1 aromatic heterocycles. The summed E-state index contributed by atoms with van der Waals surface area (Å²) in [5.41, 5.74) is 0.378. The number of furan rings is 1. The minimum Gasteiger partial charge on any atom is -0.453 e. The fourth-order valence-electron chi connectivity index (χ4n) is 1.11. The van der Waals surface area contributed by atoms with Crippen LogP contribution in [0.15, 0.2) is 27.1 Å². The van der Waals surface area contributed by atoms with Crippen LogP contribution in [0.4, 0.5) is 4.39 Å². The molecule has 0 radical (unpaired) electrons. The minimum atomic E-state index is -0.403. The number of halogens is 2. The molecule has 0 aliphatic heterocycles. The van der Waals surface area contributed by atoms with Gasteiger partial charge in [0, 0.05) is 11.5 Å². The highest BCUT2D eigenvalue weighted by Crippen LogP contribution is 2.25. The van der Waals surface area contributed by atoms with Gasteiger partial charge in [-0.05, 0) is 28.1 Å². The number of aldehydes is 1. The maximum atomic E-state index is 13.0. The normalized spacial score (nSPS) is 10.6. The van der Waals surface area contributed by atoms with Crippen LogP contribution in [0.25, 0.3) is 11.0 Å². The highest BCUT2D eigenvalue weighted by Gasteiger charge is 2.06. The molecule has 0 spiro atoms. The third kappa shape index (κ3) is 1.37. The Hall–Kier alpha value is -1.16. The van der Waals surface area contributed by atoms with E-state index in [1.165, 1.54) is 6.07 Å². The zero-order chi connectivity index (χ0) is 9.42. The van der Waals surface area contributed by atoms with Crippen LogP contribution >= 0.6 is 15.9 Å². The summed E-state index contributed by atoms with van der Waals surface area (Å²) in [6.45, 7) is 0. The van der Waals surface area contributed by atoms with Crippen molar-refractivity contribution < 1.29 is 13.6 Å². The van der Waals surface area contributed by atoms with Crippen molar-refractivity contribution in [3.8, 4) is 0 Å². The summed E-state index contributed by atoms with van der Waals surface area (Å²) in [7, 11) is 0. The van der Waals surface area contributed by atoms with Gasteiger partial charge in [-0.1, -0.05) is 0 Å². The standard InChI is InChI=1S/C9H4BrFO2/c10-7-2-5-1-6(4-12)13-9(5)3-8(7)11/h1-4H. The molecule has 13 heavy (non-hydrogen) atoms. The lowest BCUT2D eigenvalue weighted by Gasteiger charge is -1.92. The monoisotopic (exact) mass is 242 g/mol. The Balaban J connectivity index is 2.77. The predicted octanol–water partition coefficient (Wildman–Crippen LogP) is 3.15. The third-order valence-corrected chi connectivity index (χ3v) is 2.30. The predicted molar refractivity (Wildman–Crippen MR) is 49.3 cm³/mol. The lowest BCUT2D eigenvalue weighted by molar-refractivity contribution is 0.110. The van der Waals surface area contributed by atoms with E-state index < -0.39 is 5.82 Å². The van der Waals surface area contributed by atoms with Crippen LogP contribution in [0.2, 0.25) is 0 Å². The molecule has 1 aromatic carbocycles. The highest BCUT2D eigenvalue weighted by molar-refractivity contribution is 9.10. The van der Waals surface area contributed by atoms with Gasteiger partial charge in [-0.2, -0.15) is 0 Å². The molecule has 0 bridgehead atoms. The van der Waals surface area contributed by atoms with Crippen molar-refractivity contribution in [3.63, 3.8) is 0 Å². The van der Waals surface area contributed by atoms with Gasteiger partial charge >= 0.3 is 0 Å². The Kier molecular flexibility index (Phi) is 1.92. The number of fused-ring (bicyclic) bond motifs is 1. The summed E-state index contributed by atoms with van der Waals surface area (Å²) >= 11 is 3.04. The molecule has 4 heteroatoms. The first-order chi connectivity index (χ1) is 6.20. The maximum Gasteiger partial charge on any atom is 0.185 e. The number of rotatable bonds is 1. The maximum absolute atomic E-state index is 13.0. The second-order valence-electron chi connectivity index (χ2n) is 2.57. The van der Waals surface area contributed by atoms with Crippen LogP contribution in [0, 0.1) is 5.82 Å². The first-order valence-corrected chi connectivity index (χ1v) is 4.34. The van der Waals surface area contributed by atoms with Gasteiger partial charge in [0.15, 0.2) is 12.0 Å². The molecule has 66 valence electrons. The Morgan fingerprint density at radius 2 is 2.15 bits per heavy atom. The molecule has 2 aromatic rings. The average molecular weight is 243 g/mol. The lowest BCUT2D eigenvalue weighted by atomic mass is 10.2. The van der Waals surface area contributed by atoms with E-state index in [2.05, 4.69) is 15.9 Å². The number of hydrogen-bond donors (Lipinski definition) is 0. The van der Waals surface area contributed by atoms with Crippen LogP contribution in [-0.4, -0.2) is 6.29 Å². The van der Waals surface area contributed by atoms with Crippen molar-refractivity contribution in [2.75, 3.05) is 0 Å². The molecule has 0 atom stereocenters. The summed E-state index contributed by atoms with van der Waals surface area (Å²) in [5, 5.41) is 0.704. The van der Waals surface area contributed by atoms with E-state index in [-0.39, 0.29) is 5.76 Å². The molecule has 0 unspecified atom stereocenters. The van der Waals surface area contributed by atoms with E-state index in [1.54, 1.807) is 12.1 Å². The van der Waals surface area contributed by atoms with Gasteiger partial charge in [-0.25, -0.2) is 4.39 Å². The zero-order valence-corrected chi connectivity index (χ0v) is 7.97. The van der Waals surface area contributed by atoms with Crippen LogP contribution in [-0.2, 0) is 0 Å². The molecular weight excluding hydrogens is 239 g/mol. The van der Waals surface area contributed by atoms with E-state index in [4.69, 9.17) is 4.42 Å². The summed E-state index contributed by atoms with van der Waals surface area (Å²) in [5.74, 6) is -0.202. The molecule has 0 N–H and O–H groups in total. The van der Waals surface area contributed by atoms with Gasteiger partial charge in [0.2, 0.25) is 0 Å². The quantitative estimate of drug-likeness (QED) is 0.720. The molecular formula is C9H4BrFO2. The van der Waals surface area contributed by atoms with E-state index in [9.17, 15) is 9.18 Å². The minimum absolute atomic E-state index is 0.201. The molecule has 2 nitrogen and oxygen atoms in total. The summed E-state index contributed by atoms with van der Waals surface area (Å²) in [6.07, 6.45) is 0.589. The van der Waals surface area contributed by atoms with Crippen LogP contribution in [0.3, 0.4) is 0 Å². The van der Waals surface area contributed by atoms with Crippen molar-refractivity contribution in [2.45, 2.75) is 0 Å². The lowest BCUT2D eigenvalue weighted by Crippen LogP contribution is -1.74. The summed E-state index contributed by atoms with van der Waals surface area (Å²) in [4.78, 5) is 10.3. The van der Waals surface area contributed by atoms with Crippen molar-refractivity contribution in [1.29, 1.82) is 0 Å². The van der Waals surface area contributed by atoms with Crippen LogP contribution in [0.5, 0.6) is 0 Å². The molecule has 0 saturated heterocycles. The largest absolute Gasteiger partial charge is 0.453 e. The molecule has 0 aliphatic rings. The fraction of sp³-hybridized carbons (Fsp3) is 0. The number of benzene rings is 1. The SMILES string of the molecule is O=Cc1cc2cc(Br)c(F)cc2o1. The van der Waals surface area contributed by atoms with Crippen LogP contribution < -0.4 is 0 Å². The first-order valence-electron chi connectivity index (χ1n) is 3.54. The van der Waals surface area contributed by atoms with Gasteiger partial charge in [0.25, 0.3) is 0 Å². The van der Waals surface area contributed by atoms with Crippen molar-refractivity contribution in [2.24, 2.45) is 0 Å². The van der Waals surface area contributed by atoms with E-state index in [0.29, 0.717) is 21.7 Å². The molecule has 0 aliphatic carbocycles. The third-order valence-electron chi connectivity index (χ3n) is 1.69. The van der Waals surface area contributed by atoms with Gasteiger partial charge < -0.3 is 4.42 Å². The van der Waals surface area contributed by atoms with Crippen molar-refractivity contribution in [3.05, 3.63) is 34.2 Å². The van der Waals surface area contributed by atoms with Gasteiger partial charge in [-0.3, -0.25) is 4.79 Å². The zero-order valence-electron chi connectivity index (χ0n) is 6.38. The Morgan fingerprint density at radius 3 is 2.85 bits per heavy atom. The van der Waals surface area contributed by atoms with E-state index in [0.717, 1.165) is 0 Å². The van der Waals surface area contributed by atoms with Crippen LogP contribution in [0.1, 0.15) is 10.6 Å². The van der Waals surface area contributed by atoms with E-state index >= 15 is 0 Å². The molecule has 1 heterocycles. The fourth-order valence-corrected chi connectivity index (χ4v) is 1.47. The van der Waals surface area contributed by atoms with Crippen molar-refractivity contribution in [1.82, 2.24) is 0 Å². The Labute approximate surface area is 81.5 Å². The molecule has 0 amide bonds. The average Bonchev–Trinajstić information content (AvgIpc) is 2.48. The smallest absolute Gasteiger partial charge is 0.185 e. The topological polar surface area (TPSA) is 30.2 Å². The second-order valence-corrected chi connectivity index (χ2v) is 3.43. The van der Waals surface area contributed by atoms with Gasteiger partial charge in [-0.15, -0.1) is 0 Å². The Bertz CT molecular complexity index is 437. The first kappa shape index (κ1) is 8.44. The number of hydrogen-bond acceptors (Lipinski definition) is 2. The van der Waals surface area contributed by atoms with Gasteiger partial charge in [0.05, 0.1) is 4.47 Å². The summed E-state index contributed by atoms with van der Waals surface area (Å²) in [6, 6.07) is 4.38. The van der Waals surface area contributed by atoms with Gasteiger partial charge in [0.1, 0.15) is 11.4 Å². The highest BCUT2D eigenvalue weighted by atomic mass is 79.9. The molecule has 2 rings (SSSR count). The second kappa shape index (κ2) is 2.96. The summed E-state index contributed by atoms with van der Waals surface area (Å²) < 4.78 is 18.4. The molecule has 0 saturated carbocycles. The number of carbonyl (C=O) groups excluding carboxylic acids is 1. The molecule has 0 fully saturated rings. The Morgan fingerprint density at radius 1 is 1.38 bits per heavy atom. The van der Waals surface area contributed by atoms with Crippen molar-refractivity contribution >= 4 is 33.2 Å². The number of carbonyl (C=O) groups is 1. The van der Waals surface area contributed by atoms with E-state index in [1.807, 2.05) is 0 Å².